The van der Waals surface area contributed by atoms with E-state index in [4.69, 9.17) is 10.2 Å². The summed E-state index contributed by atoms with van der Waals surface area (Å²) >= 11 is 1.41. The van der Waals surface area contributed by atoms with Gasteiger partial charge in [0.25, 0.3) is 0 Å². The summed E-state index contributed by atoms with van der Waals surface area (Å²) in [6.45, 7) is 3.22. The van der Waals surface area contributed by atoms with Crippen LogP contribution in [-0.2, 0) is 4.79 Å². The van der Waals surface area contributed by atoms with Crippen LogP contribution in [0.2, 0.25) is 0 Å². The molecule has 0 aliphatic carbocycles. The molecule has 0 aromatic carbocycles. The maximum atomic E-state index is 10.3. The first-order valence-electron chi connectivity index (χ1n) is 3.04. The smallest absolute Gasteiger partial charge is 0.336 e. The van der Waals surface area contributed by atoms with Crippen molar-refractivity contribution in [1.82, 2.24) is 0 Å². The van der Waals surface area contributed by atoms with E-state index in [1.807, 2.05) is 6.92 Å². The zero-order chi connectivity index (χ0) is 8.20. The molecular weight excluding hydrogens is 152 g/mol. The van der Waals surface area contributed by atoms with E-state index in [1.54, 1.807) is 0 Å². The Morgan fingerprint density at radius 3 is 2.50 bits per heavy atom. The van der Waals surface area contributed by atoms with Gasteiger partial charge in [0.1, 0.15) is 0 Å². The first-order chi connectivity index (χ1) is 4.50. The lowest BCUT2D eigenvalue weighted by molar-refractivity contribution is -0.154. The highest BCUT2D eigenvalue weighted by atomic mass is 32.2. The topological polar surface area (TPSA) is 57.5 Å². The van der Waals surface area contributed by atoms with Gasteiger partial charge in [0.2, 0.25) is 0 Å². The molecule has 1 atom stereocenters. The van der Waals surface area contributed by atoms with Crippen molar-refractivity contribution in [3.05, 3.63) is 0 Å². The van der Waals surface area contributed by atoms with Gasteiger partial charge < -0.3 is 10.2 Å². The largest absolute Gasteiger partial charge is 0.479 e. The van der Waals surface area contributed by atoms with E-state index in [0.29, 0.717) is 0 Å². The summed E-state index contributed by atoms with van der Waals surface area (Å²) in [7, 11) is 0. The fourth-order valence-corrected chi connectivity index (χ4v) is 1.09. The molecule has 0 amide bonds. The molecule has 60 valence electrons. The Morgan fingerprint density at radius 1 is 1.70 bits per heavy atom. The molecule has 1 unspecified atom stereocenters. The van der Waals surface area contributed by atoms with Gasteiger partial charge in [0.05, 0.1) is 0 Å². The molecular formula is C6H12O3S. The van der Waals surface area contributed by atoms with Crippen LogP contribution in [0, 0.1) is 0 Å². The number of hydrogen-bond acceptors (Lipinski definition) is 3. The second kappa shape index (κ2) is 3.83. The Labute approximate surface area is 64.4 Å². The second-order valence-corrected chi connectivity index (χ2v) is 3.49. The third kappa shape index (κ3) is 3.08. The molecule has 0 heterocycles. The average molecular weight is 164 g/mol. The molecule has 0 radical (unpaired) electrons. The lowest BCUT2D eigenvalue weighted by Gasteiger charge is -2.15. The summed E-state index contributed by atoms with van der Waals surface area (Å²) in [5.74, 6) is -0.0872. The molecule has 0 fully saturated rings. The Hall–Kier alpha value is -0.220. The standard InChI is InChI=1S/C6H12O3S/c1-3-10-4-6(2,9)5(7)8/h9H,3-4H2,1-2H3,(H,7,8). The average Bonchev–Trinajstić information content (AvgIpc) is 1.84. The highest BCUT2D eigenvalue weighted by Crippen LogP contribution is 2.12. The number of hydrogen-bond donors (Lipinski definition) is 2. The van der Waals surface area contributed by atoms with E-state index in [0.717, 1.165) is 5.75 Å². The zero-order valence-electron chi connectivity index (χ0n) is 6.13. The summed E-state index contributed by atoms with van der Waals surface area (Å²) < 4.78 is 0. The van der Waals surface area contributed by atoms with Crippen LogP contribution in [0.1, 0.15) is 13.8 Å². The van der Waals surface area contributed by atoms with Crippen LogP contribution in [0.25, 0.3) is 0 Å². The van der Waals surface area contributed by atoms with Crippen LogP contribution >= 0.6 is 11.8 Å². The van der Waals surface area contributed by atoms with Gasteiger partial charge in [-0.3, -0.25) is 0 Å². The number of aliphatic hydroxyl groups is 1. The normalized spacial score (nSPS) is 16.3. The van der Waals surface area contributed by atoms with Crippen molar-refractivity contribution < 1.29 is 15.0 Å². The minimum Gasteiger partial charge on any atom is -0.479 e. The molecule has 0 aromatic rings. The molecule has 3 nitrogen and oxygen atoms in total. The Balaban J connectivity index is 3.75. The van der Waals surface area contributed by atoms with E-state index >= 15 is 0 Å². The highest BCUT2D eigenvalue weighted by molar-refractivity contribution is 7.99. The van der Waals surface area contributed by atoms with Crippen molar-refractivity contribution in [1.29, 1.82) is 0 Å². The molecule has 0 aliphatic heterocycles. The van der Waals surface area contributed by atoms with Crippen LogP contribution in [0.3, 0.4) is 0 Å². The van der Waals surface area contributed by atoms with Crippen molar-refractivity contribution in [2.75, 3.05) is 11.5 Å². The summed E-state index contributed by atoms with van der Waals surface area (Å²) in [4.78, 5) is 10.3. The van der Waals surface area contributed by atoms with Gasteiger partial charge in [-0.25, -0.2) is 4.79 Å². The molecule has 0 saturated heterocycles. The number of carboxylic acids is 1. The first-order valence-corrected chi connectivity index (χ1v) is 4.19. The number of carbonyl (C=O) groups is 1. The van der Waals surface area contributed by atoms with Crippen LogP contribution < -0.4 is 0 Å². The third-order valence-corrected chi connectivity index (χ3v) is 2.22. The Bertz CT molecular complexity index is 122. The summed E-state index contributed by atoms with van der Waals surface area (Å²) in [5, 5.41) is 17.5. The van der Waals surface area contributed by atoms with Crippen molar-refractivity contribution in [2.45, 2.75) is 19.4 Å². The quantitative estimate of drug-likeness (QED) is 0.638. The second-order valence-electron chi connectivity index (χ2n) is 2.22. The van der Waals surface area contributed by atoms with Gasteiger partial charge in [-0.2, -0.15) is 11.8 Å². The summed E-state index contributed by atoms with van der Waals surface area (Å²) in [6.07, 6.45) is 0. The van der Waals surface area contributed by atoms with E-state index in [2.05, 4.69) is 0 Å². The van der Waals surface area contributed by atoms with Crippen molar-refractivity contribution in [2.24, 2.45) is 0 Å². The van der Waals surface area contributed by atoms with E-state index in [-0.39, 0.29) is 5.75 Å². The predicted octanol–water partition coefficient (Wildman–Crippen LogP) is 0.575. The van der Waals surface area contributed by atoms with E-state index < -0.39 is 11.6 Å². The third-order valence-electron chi connectivity index (χ3n) is 1.05. The number of aliphatic carboxylic acids is 1. The van der Waals surface area contributed by atoms with Crippen LogP contribution in [0.5, 0.6) is 0 Å². The predicted molar refractivity (Wildman–Crippen MR) is 41.3 cm³/mol. The maximum Gasteiger partial charge on any atom is 0.336 e. The van der Waals surface area contributed by atoms with Gasteiger partial charge in [0.15, 0.2) is 5.60 Å². The molecule has 2 N–H and O–H groups in total. The van der Waals surface area contributed by atoms with Gasteiger partial charge in [-0.05, 0) is 12.7 Å². The number of thioether (sulfide) groups is 1. The van der Waals surface area contributed by atoms with E-state index in [9.17, 15) is 4.79 Å². The van der Waals surface area contributed by atoms with Gasteiger partial charge in [-0.1, -0.05) is 6.92 Å². The van der Waals surface area contributed by atoms with Crippen molar-refractivity contribution >= 4 is 17.7 Å². The van der Waals surface area contributed by atoms with Crippen LogP contribution in [0.4, 0.5) is 0 Å². The van der Waals surface area contributed by atoms with Gasteiger partial charge in [-0.15, -0.1) is 0 Å². The summed E-state index contributed by atoms with van der Waals surface area (Å²) in [5.41, 5.74) is -1.57. The van der Waals surface area contributed by atoms with Crippen LogP contribution in [0.15, 0.2) is 0 Å². The molecule has 4 heteroatoms. The minimum atomic E-state index is -1.57. The Kier molecular flexibility index (Phi) is 3.75. The van der Waals surface area contributed by atoms with Crippen molar-refractivity contribution in [3.8, 4) is 0 Å². The molecule has 0 bridgehead atoms. The maximum absolute atomic E-state index is 10.3. The lowest BCUT2D eigenvalue weighted by Crippen LogP contribution is -2.37. The fraction of sp³-hybridized carbons (Fsp3) is 0.833. The molecule has 0 aromatic heterocycles. The van der Waals surface area contributed by atoms with Crippen LogP contribution in [-0.4, -0.2) is 33.3 Å². The van der Waals surface area contributed by atoms with Gasteiger partial charge >= 0.3 is 5.97 Å². The minimum absolute atomic E-state index is 0.249. The van der Waals surface area contributed by atoms with Crippen molar-refractivity contribution in [3.63, 3.8) is 0 Å². The Morgan fingerprint density at radius 2 is 2.20 bits per heavy atom. The molecule has 0 aliphatic rings. The van der Waals surface area contributed by atoms with Gasteiger partial charge in [0, 0.05) is 5.75 Å². The zero-order valence-corrected chi connectivity index (χ0v) is 6.94. The summed E-state index contributed by atoms with van der Waals surface area (Å²) in [6, 6.07) is 0. The number of carboxylic acid groups (broad SMARTS) is 1. The highest BCUT2D eigenvalue weighted by Gasteiger charge is 2.28. The molecule has 10 heavy (non-hydrogen) atoms. The SMILES string of the molecule is CCSCC(C)(O)C(=O)O. The monoisotopic (exact) mass is 164 g/mol. The first kappa shape index (κ1) is 9.78. The number of rotatable bonds is 4. The lowest BCUT2D eigenvalue weighted by atomic mass is 10.1. The molecule has 0 spiro atoms. The van der Waals surface area contributed by atoms with E-state index in [1.165, 1.54) is 18.7 Å². The molecule has 0 saturated carbocycles. The molecule has 0 rings (SSSR count). The fourth-order valence-electron chi connectivity index (χ4n) is 0.363.